The van der Waals surface area contributed by atoms with Gasteiger partial charge in [0.15, 0.2) is 5.78 Å². The lowest BCUT2D eigenvalue weighted by molar-refractivity contribution is 0.0490. The van der Waals surface area contributed by atoms with E-state index in [4.69, 9.17) is 4.74 Å². The average Bonchev–Trinajstić information content (AvgIpc) is 2.51. The SMILES string of the molecule is CC(C)(C)OC(=O)NC(C(=O)c1ccccc1Br)c1ccccc1. The van der Waals surface area contributed by atoms with Gasteiger partial charge in [0, 0.05) is 10.0 Å². The van der Waals surface area contributed by atoms with Gasteiger partial charge in [-0.25, -0.2) is 4.79 Å². The third-order valence-electron chi connectivity index (χ3n) is 3.20. The highest BCUT2D eigenvalue weighted by atomic mass is 79.9. The molecule has 5 heteroatoms. The molecule has 2 rings (SSSR count). The molecule has 1 unspecified atom stereocenters. The Balaban J connectivity index is 2.32. The third kappa shape index (κ3) is 4.93. The summed E-state index contributed by atoms with van der Waals surface area (Å²) in [5, 5.41) is 2.68. The topological polar surface area (TPSA) is 55.4 Å². The second kappa shape index (κ2) is 7.62. The van der Waals surface area contributed by atoms with E-state index in [0.717, 1.165) is 0 Å². The molecule has 0 bridgehead atoms. The maximum absolute atomic E-state index is 13.0. The van der Waals surface area contributed by atoms with Gasteiger partial charge in [-0.1, -0.05) is 64.5 Å². The van der Waals surface area contributed by atoms with Gasteiger partial charge in [-0.15, -0.1) is 0 Å². The standard InChI is InChI=1S/C19H20BrNO3/c1-19(2,3)24-18(23)21-16(13-9-5-4-6-10-13)17(22)14-11-7-8-12-15(14)20/h4-12,16H,1-3H3,(H,21,23). The van der Waals surface area contributed by atoms with Crippen LogP contribution in [0.3, 0.4) is 0 Å². The first-order chi connectivity index (χ1) is 11.3. The summed E-state index contributed by atoms with van der Waals surface area (Å²) < 4.78 is 5.97. The lowest BCUT2D eigenvalue weighted by Gasteiger charge is -2.23. The summed E-state index contributed by atoms with van der Waals surface area (Å²) in [5.41, 5.74) is 0.563. The van der Waals surface area contributed by atoms with Crippen molar-refractivity contribution in [2.75, 3.05) is 0 Å². The van der Waals surface area contributed by atoms with Crippen LogP contribution >= 0.6 is 15.9 Å². The van der Waals surface area contributed by atoms with E-state index < -0.39 is 17.7 Å². The number of carbonyl (C=O) groups excluding carboxylic acids is 2. The van der Waals surface area contributed by atoms with Gasteiger partial charge in [0.1, 0.15) is 11.6 Å². The molecule has 0 aliphatic heterocycles. The Bertz CT molecular complexity index is 723. The molecular weight excluding hydrogens is 370 g/mol. The molecule has 24 heavy (non-hydrogen) atoms. The zero-order valence-corrected chi connectivity index (χ0v) is 15.5. The van der Waals surface area contributed by atoms with Crippen LogP contribution in [0.4, 0.5) is 4.79 Å². The Labute approximate surface area is 150 Å². The Hall–Kier alpha value is -2.14. The molecule has 2 aromatic carbocycles. The first kappa shape index (κ1) is 18.2. The molecule has 0 saturated carbocycles. The normalized spacial score (nSPS) is 12.3. The van der Waals surface area contributed by atoms with Crippen LogP contribution in [-0.2, 0) is 4.74 Å². The Morgan fingerprint density at radius 2 is 1.58 bits per heavy atom. The van der Waals surface area contributed by atoms with Crippen LogP contribution in [0.5, 0.6) is 0 Å². The van der Waals surface area contributed by atoms with Gasteiger partial charge in [-0.2, -0.15) is 0 Å². The average molecular weight is 390 g/mol. The number of alkyl carbamates (subject to hydrolysis) is 1. The van der Waals surface area contributed by atoms with E-state index in [2.05, 4.69) is 21.2 Å². The molecule has 1 atom stereocenters. The number of nitrogens with one attached hydrogen (secondary N) is 1. The molecule has 1 N–H and O–H groups in total. The van der Waals surface area contributed by atoms with Gasteiger partial charge in [-0.05, 0) is 32.4 Å². The molecule has 0 radical (unpaired) electrons. The Morgan fingerprint density at radius 3 is 2.17 bits per heavy atom. The van der Waals surface area contributed by atoms with Crippen LogP contribution in [-0.4, -0.2) is 17.5 Å². The fourth-order valence-corrected chi connectivity index (χ4v) is 2.67. The molecule has 0 aromatic heterocycles. The predicted molar refractivity (Wildman–Crippen MR) is 97.0 cm³/mol. The van der Waals surface area contributed by atoms with E-state index in [-0.39, 0.29) is 5.78 Å². The zero-order chi connectivity index (χ0) is 17.7. The molecule has 4 nitrogen and oxygen atoms in total. The molecule has 1 amide bonds. The monoisotopic (exact) mass is 389 g/mol. The minimum atomic E-state index is -0.820. The molecule has 0 spiro atoms. The van der Waals surface area contributed by atoms with Gasteiger partial charge in [-0.3, -0.25) is 4.79 Å². The zero-order valence-electron chi connectivity index (χ0n) is 13.9. The van der Waals surface area contributed by atoms with Crippen LogP contribution in [0.15, 0.2) is 59.1 Å². The number of Topliss-reactive ketones (excluding diaryl/α,β-unsaturated/α-hetero) is 1. The van der Waals surface area contributed by atoms with Crippen molar-refractivity contribution in [2.45, 2.75) is 32.4 Å². The van der Waals surface area contributed by atoms with Crippen molar-refractivity contribution in [1.29, 1.82) is 0 Å². The number of amides is 1. The molecule has 0 aliphatic rings. The van der Waals surface area contributed by atoms with Crippen molar-refractivity contribution in [3.8, 4) is 0 Å². The minimum absolute atomic E-state index is 0.209. The van der Waals surface area contributed by atoms with Gasteiger partial charge in [0.25, 0.3) is 0 Å². The second-order valence-electron chi connectivity index (χ2n) is 6.33. The quantitative estimate of drug-likeness (QED) is 0.756. The van der Waals surface area contributed by atoms with Crippen molar-refractivity contribution in [1.82, 2.24) is 5.32 Å². The van der Waals surface area contributed by atoms with Gasteiger partial charge < -0.3 is 10.1 Å². The van der Waals surface area contributed by atoms with E-state index in [1.165, 1.54) is 0 Å². The minimum Gasteiger partial charge on any atom is -0.444 e. The fraction of sp³-hybridized carbons (Fsp3) is 0.263. The summed E-state index contributed by atoms with van der Waals surface area (Å²) in [6.07, 6.45) is -0.628. The number of ether oxygens (including phenoxy) is 1. The second-order valence-corrected chi connectivity index (χ2v) is 7.19. The fourth-order valence-electron chi connectivity index (χ4n) is 2.19. The number of benzene rings is 2. The largest absolute Gasteiger partial charge is 0.444 e. The highest BCUT2D eigenvalue weighted by molar-refractivity contribution is 9.10. The van der Waals surface area contributed by atoms with Gasteiger partial charge in [0.2, 0.25) is 0 Å². The van der Waals surface area contributed by atoms with Gasteiger partial charge >= 0.3 is 6.09 Å². The Kier molecular flexibility index (Phi) is 5.78. The molecule has 126 valence electrons. The highest BCUT2D eigenvalue weighted by Crippen LogP contribution is 2.24. The van der Waals surface area contributed by atoms with Crippen molar-refractivity contribution >= 4 is 27.8 Å². The first-order valence-corrected chi connectivity index (χ1v) is 8.40. The molecule has 0 fully saturated rings. The van der Waals surface area contributed by atoms with Crippen LogP contribution in [0.2, 0.25) is 0 Å². The number of hydrogen-bond donors (Lipinski definition) is 1. The maximum atomic E-state index is 13.0. The van der Waals surface area contributed by atoms with E-state index >= 15 is 0 Å². The number of carbonyl (C=O) groups is 2. The van der Waals surface area contributed by atoms with E-state index in [9.17, 15) is 9.59 Å². The summed E-state index contributed by atoms with van der Waals surface area (Å²) in [4.78, 5) is 25.1. The Morgan fingerprint density at radius 1 is 1.00 bits per heavy atom. The molecule has 0 aliphatic carbocycles. The van der Waals surface area contributed by atoms with E-state index in [0.29, 0.717) is 15.6 Å². The first-order valence-electron chi connectivity index (χ1n) is 7.61. The summed E-state index contributed by atoms with van der Waals surface area (Å²) in [5.74, 6) is -0.209. The third-order valence-corrected chi connectivity index (χ3v) is 3.89. The highest BCUT2D eigenvalue weighted by Gasteiger charge is 2.27. The van der Waals surface area contributed by atoms with Crippen molar-refractivity contribution in [3.63, 3.8) is 0 Å². The molecule has 2 aromatic rings. The number of halogens is 1. The number of ketones is 1. The van der Waals surface area contributed by atoms with Crippen LogP contribution in [0.1, 0.15) is 42.7 Å². The van der Waals surface area contributed by atoms with Crippen LogP contribution in [0.25, 0.3) is 0 Å². The van der Waals surface area contributed by atoms with Crippen LogP contribution < -0.4 is 5.32 Å². The van der Waals surface area contributed by atoms with Gasteiger partial charge in [0.05, 0.1) is 0 Å². The van der Waals surface area contributed by atoms with Crippen molar-refractivity contribution in [3.05, 3.63) is 70.2 Å². The smallest absolute Gasteiger partial charge is 0.408 e. The van der Waals surface area contributed by atoms with Crippen molar-refractivity contribution < 1.29 is 14.3 Å². The van der Waals surface area contributed by atoms with Crippen LogP contribution in [0, 0.1) is 0 Å². The number of rotatable bonds is 4. The molecule has 0 saturated heterocycles. The molecular formula is C19H20BrNO3. The number of hydrogen-bond acceptors (Lipinski definition) is 3. The lowest BCUT2D eigenvalue weighted by Crippen LogP contribution is -2.38. The molecule has 0 heterocycles. The summed E-state index contributed by atoms with van der Waals surface area (Å²) in [7, 11) is 0. The lowest BCUT2D eigenvalue weighted by atomic mass is 9.97. The summed E-state index contributed by atoms with van der Waals surface area (Å²) in [6, 6.07) is 15.4. The summed E-state index contributed by atoms with van der Waals surface area (Å²) in [6.45, 7) is 5.33. The van der Waals surface area contributed by atoms with E-state index in [1.54, 1.807) is 51.1 Å². The predicted octanol–water partition coefficient (Wildman–Crippen LogP) is 4.90. The van der Waals surface area contributed by atoms with Crippen molar-refractivity contribution in [2.24, 2.45) is 0 Å². The van der Waals surface area contributed by atoms with E-state index in [1.807, 2.05) is 24.3 Å². The summed E-state index contributed by atoms with van der Waals surface area (Å²) >= 11 is 3.39. The maximum Gasteiger partial charge on any atom is 0.408 e.